The molecule has 1 heterocycles. The van der Waals surface area contributed by atoms with Gasteiger partial charge in [-0.1, -0.05) is 29.8 Å². The average Bonchev–Trinajstić information content (AvgIpc) is 2.58. The molecule has 0 bridgehead atoms. The second-order valence-corrected chi connectivity index (χ2v) is 6.02. The Morgan fingerprint density at radius 2 is 2.19 bits per heavy atom. The Hall–Kier alpha value is -1.01. The van der Waals surface area contributed by atoms with Crippen molar-refractivity contribution in [2.24, 2.45) is 5.41 Å². The molecule has 1 saturated heterocycles. The van der Waals surface area contributed by atoms with Crippen LogP contribution in [0.25, 0.3) is 0 Å². The van der Waals surface area contributed by atoms with E-state index in [1.807, 2.05) is 18.2 Å². The molecule has 0 N–H and O–H groups in total. The highest BCUT2D eigenvalue weighted by Gasteiger charge is 2.30. The summed E-state index contributed by atoms with van der Waals surface area (Å²) in [5.74, 6) is 0. The van der Waals surface area contributed by atoms with E-state index in [0.717, 1.165) is 28.8 Å². The summed E-state index contributed by atoms with van der Waals surface area (Å²) in [6, 6.07) is 8.19. The van der Waals surface area contributed by atoms with Gasteiger partial charge in [-0.15, -0.1) is 0 Å². The molecule has 0 radical (unpaired) electrons. The van der Waals surface area contributed by atoms with E-state index in [2.05, 4.69) is 40.7 Å². The van der Waals surface area contributed by atoms with Crippen LogP contribution >= 0.6 is 15.9 Å². The van der Waals surface area contributed by atoms with E-state index >= 15 is 0 Å². The Bertz CT molecular complexity index is 446. The lowest BCUT2D eigenvalue weighted by Crippen LogP contribution is -2.23. The molecular formula is C13H15BrN2. The molecule has 0 aromatic heterocycles. The first-order chi connectivity index (χ1) is 7.52. The maximum absolute atomic E-state index is 9.14. The quantitative estimate of drug-likeness (QED) is 0.786. The number of hydrogen-bond donors (Lipinski definition) is 0. The van der Waals surface area contributed by atoms with Gasteiger partial charge in [-0.05, 0) is 30.0 Å². The number of nitriles is 1. The molecule has 2 rings (SSSR count). The highest BCUT2D eigenvalue weighted by molar-refractivity contribution is 9.10. The van der Waals surface area contributed by atoms with Crippen LogP contribution in [0.5, 0.6) is 0 Å². The zero-order chi connectivity index (χ0) is 11.8. The second-order valence-electron chi connectivity index (χ2n) is 5.11. The lowest BCUT2D eigenvalue weighted by atomic mass is 9.93. The molecule has 0 saturated carbocycles. The van der Waals surface area contributed by atoms with Crippen LogP contribution in [0.1, 0.15) is 25.8 Å². The van der Waals surface area contributed by atoms with Gasteiger partial charge >= 0.3 is 0 Å². The summed E-state index contributed by atoms with van der Waals surface area (Å²) < 4.78 is 0.964. The minimum Gasteiger partial charge on any atom is -0.370 e. The Balaban J connectivity index is 2.32. The lowest BCUT2D eigenvalue weighted by Gasteiger charge is -2.22. The number of nitrogens with zero attached hydrogens (tertiary/aromatic N) is 2. The molecule has 0 spiro atoms. The summed E-state index contributed by atoms with van der Waals surface area (Å²) >= 11 is 3.40. The molecule has 1 aromatic rings. The van der Waals surface area contributed by atoms with E-state index in [1.54, 1.807) is 0 Å². The topological polar surface area (TPSA) is 27.0 Å². The molecule has 16 heavy (non-hydrogen) atoms. The van der Waals surface area contributed by atoms with Crippen LogP contribution in [0.3, 0.4) is 0 Å². The van der Waals surface area contributed by atoms with Gasteiger partial charge in [0.2, 0.25) is 0 Å². The maximum Gasteiger partial charge on any atom is 0.101 e. The van der Waals surface area contributed by atoms with Crippen molar-refractivity contribution in [2.75, 3.05) is 18.0 Å². The first kappa shape index (κ1) is 11.5. The molecule has 0 amide bonds. The van der Waals surface area contributed by atoms with Gasteiger partial charge < -0.3 is 4.90 Å². The van der Waals surface area contributed by atoms with Gasteiger partial charge in [-0.25, -0.2) is 0 Å². The average molecular weight is 279 g/mol. The van der Waals surface area contributed by atoms with Crippen LogP contribution in [0, 0.1) is 16.7 Å². The van der Waals surface area contributed by atoms with Crippen molar-refractivity contribution >= 4 is 21.6 Å². The number of hydrogen-bond acceptors (Lipinski definition) is 2. The van der Waals surface area contributed by atoms with E-state index in [1.165, 1.54) is 6.42 Å². The van der Waals surface area contributed by atoms with Crippen molar-refractivity contribution in [3.05, 3.63) is 28.2 Å². The smallest absolute Gasteiger partial charge is 0.101 e. The van der Waals surface area contributed by atoms with E-state index in [0.29, 0.717) is 5.41 Å². The highest BCUT2D eigenvalue weighted by Crippen LogP contribution is 2.34. The normalized spacial score (nSPS) is 18.5. The summed E-state index contributed by atoms with van der Waals surface area (Å²) in [5.41, 5.74) is 2.18. The molecule has 0 unspecified atom stereocenters. The minimum atomic E-state index is 0.361. The molecule has 3 heteroatoms. The summed E-state index contributed by atoms with van der Waals surface area (Å²) in [5, 5.41) is 9.14. The van der Waals surface area contributed by atoms with Gasteiger partial charge in [-0.3, -0.25) is 0 Å². The van der Waals surface area contributed by atoms with Gasteiger partial charge in [0.1, 0.15) is 6.07 Å². The zero-order valence-corrected chi connectivity index (χ0v) is 11.2. The van der Waals surface area contributed by atoms with E-state index in [9.17, 15) is 0 Å². The van der Waals surface area contributed by atoms with Crippen molar-refractivity contribution in [1.29, 1.82) is 5.26 Å². The maximum atomic E-state index is 9.14. The fraction of sp³-hybridized carbons (Fsp3) is 0.462. The minimum absolute atomic E-state index is 0.361. The molecule has 0 aliphatic carbocycles. The van der Waals surface area contributed by atoms with E-state index in [4.69, 9.17) is 5.26 Å². The number of rotatable bonds is 1. The molecule has 84 valence electrons. The summed E-state index contributed by atoms with van der Waals surface area (Å²) in [6.45, 7) is 6.63. The fourth-order valence-corrected chi connectivity index (χ4v) is 2.55. The van der Waals surface area contributed by atoms with Gasteiger partial charge in [0.25, 0.3) is 0 Å². The van der Waals surface area contributed by atoms with Crippen molar-refractivity contribution in [2.45, 2.75) is 20.3 Å². The molecule has 2 nitrogen and oxygen atoms in total. The fourth-order valence-electron chi connectivity index (χ4n) is 2.19. The predicted octanol–water partition coefficient (Wildman–Crippen LogP) is 3.56. The lowest BCUT2D eigenvalue weighted by molar-refractivity contribution is 0.418. The van der Waals surface area contributed by atoms with Crippen molar-refractivity contribution < 1.29 is 0 Å². The van der Waals surface area contributed by atoms with Gasteiger partial charge in [0.15, 0.2) is 0 Å². The van der Waals surface area contributed by atoms with Crippen molar-refractivity contribution in [3.63, 3.8) is 0 Å². The Kier molecular flexibility index (Phi) is 2.94. The first-order valence-corrected chi connectivity index (χ1v) is 6.26. The summed E-state index contributed by atoms with van der Waals surface area (Å²) in [6.07, 6.45) is 1.19. The Morgan fingerprint density at radius 3 is 2.75 bits per heavy atom. The Labute approximate surface area is 105 Å². The van der Waals surface area contributed by atoms with Crippen LogP contribution in [0.2, 0.25) is 0 Å². The Morgan fingerprint density at radius 1 is 1.44 bits per heavy atom. The number of benzene rings is 1. The number of anilines is 1. The van der Waals surface area contributed by atoms with E-state index in [-0.39, 0.29) is 0 Å². The van der Waals surface area contributed by atoms with Gasteiger partial charge in [0.05, 0.1) is 11.3 Å². The third-order valence-corrected chi connectivity index (χ3v) is 3.59. The third kappa shape index (κ3) is 2.22. The summed E-state index contributed by atoms with van der Waals surface area (Å²) in [7, 11) is 0. The van der Waals surface area contributed by atoms with Crippen LogP contribution in [-0.4, -0.2) is 13.1 Å². The van der Waals surface area contributed by atoms with Crippen LogP contribution in [0.4, 0.5) is 5.69 Å². The largest absolute Gasteiger partial charge is 0.370 e. The SMILES string of the molecule is CC1(C)CCN(c2ccc(Br)cc2C#N)C1. The second kappa shape index (κ2) is 4.10. The third-order valence-electron chi connectivity index (χ3n) is 3.10. The van der Waals surface area contributed by atoms with Crippen molar-refractivity contribution in [3.8, 4) is 6.07 Å². The highest BCUT2D eigenvalue weighted by atomic mass is 79.9. The predicted molar refractivity (Wildman–Crippen MR) is 69.5 cm³/mol. The standard InChI is InChI=1S/C13H15BrN2/c1-13(2)5-6-16(9-13)12-4-3-11(14)7-10(12)8-15/h3-4,7H,5-6,9H2,1-2H3. The molecule has 1 fully saturated rings. The van der Waals surface area contributed by atoms with Crippen LogP contribution in [-0.2, 0) is 0 Å². The molecule has 0 atom stereocenters. The first-order valence-electron chi connectivity index (χ1n) is 5.46. The van der Waals surface area contributed by atoms with Crippen LogP contribution in [0.15, 0.2) is 22.7 Å². The molecule has 1 aliphatic rings. The van der Waals surface area contributed by atoms with Gasteiger partial charge in [0, 0.05) is 17.6 Å². The zero-order valence-electron chi connectivity index (χ0n) is 9.63. The van der Waals surface area contributed by atoms with Crippen molar-refractivity contribution in [1.82, 2.24) is 0 Å². The molecule has 1 aromatic carbocycles. The monoisotopic (exact) mass is 278 g/mol. The van der Waals surface area contributed by atoms with Crippen LogP contribution < -0.4 is 4.90 Å². The van der Waals surface area contributed by atoms with E-state index < -0.39 is 0 Å². The molecule has 1 aliphatic heterocycles. The molecular weight excluding hydrogens is 264 g/mol. The van der Waals surface area contributed by atoms with Gasteiger partial charge in [-0.2, -0.15) is 5.26 Å². The summed E-state index contributed by atoms with van der Waals surface area (Å²) in [4.78, 5) is 2.31. The number of halogens is 1.